The van der Waals surface area contributed by atoms with E-state index < -0.39 is 0 Å². The minimum Gasteiger partial charge on any atom is -0.338 e. The fourth-order valence-electron chi connectivity index (χ4n) is 1.29. The second-order valence-corrected chi connectivity index (χ2v) is 2.93. The van der Waals surface area contributed by atoms with Gasteiger partial charge >= 0.3 is 0 Å². The Labute approximate surface area is 72.0 Å². The molecule has 3 nitrogen and oxygen atoms in total. The molecule has 0 atom stereocenters. The minimum absolute atomic E-state index is 0.0434. The van der Waals surface area contributed by atoms with Gasteiger partial charge in [-0.3, -0.25) is 9.59 Å². The van der Waals surface area contributed by atoms with Crippen molar-refractivity contribution in [1.29, 1.82) is 0 Å². The predicted octanol–water partition coefficient (Wildman–Crippen LogP) is 0.754. The van der Waals surface area contributed by atoms with Gasteiger partial charge in [-0.25, -0.2) is 0 Å². The fraction of sp³-hybridized carbons (Fsp3) is 0.556. The maximum Gasteiger partial charge on any atom is 0.219 e. The maximum atomic E-state index is 11.2. The van der Waals surface area contributed by atoms with Crippen LogP contribution in [0.1, 0.15) is 20.3 Å². The number of likely N-dealkylation sites (tertiary alicyclic amines) is 1. The van der Waals surface area contributed by atoms with E-state index in [0.29, 0.717) is 19.5 Å². The van der Waals surface area contributed by atoms with Crippen LogP contribution in [0.15, 0.2) is 11.6 Å². The first-order valence-electron chi connectivity index (χ1n) is 4.09. The standard InChI is InChI=1S/C9H13NO2/c1-3-8-6-10(7(2)11)5-4-9(8)12/h3H,4-6H2,1-2H3/b8-3+. The molecular formula is C9H13NO2. The first kappa shape index (κ1) is 8.97. The summed E-state index contributed by atoms with van der Waals surface area (Å²) in [5, 5.41) is 0. The largest absolute Gasteiger partial charge is 0.338 e. The van der Waals surface area contributed by atoms with Crippen LogP contribution in [-0.2, 0) is 9.59 Å². The van der Waals surface area contributed by atoms with Crippen molar-refractivity contribution in [3.05, 3.63) is 11.6 Å². The highest BCUT2D eigenvalue weighted by Crippen LogP contribution is 2.11. The Bertz CT molecular complexity index is 243. The van der Waals surface area contributed by atoms with Crippen molar-refractivity contribution in [1.82, 2.24) is 4.90 Å². The highest BCUT2D eigenvalue weighted by molar-refractivity contribution is 5.97. The predicted molar refractivity (Wildman–Crippen MR) is 45.6 cm³/mol. The Morgan fingerprint density at radius 2 is 2.25 bits per heavy atom. The molecule has 66 valence electrons. The fourth-order valence-corrected chi connectivity index (χ4v) is 1.29. The number of ketones is 1. The van der Waals surface area contributed by atoms with E-state index in [1.54, 1.807) is 11.0 Å². The van der Waals surface area contributed by atoms with Crippen LogP contribution in [0.5, 0.6) is 0 Å². The zero-order valence-corrected chi connectivity index (χ0v) is 7.46. The summed E-state index contributed by atoms with van der Waals surface area (Å²) >= 11 is 0. The SMILES string of the molecule is C/C=C1\CN(C(C)=O)CCC1=O. The van der Waals surface area contributed by atoms with E-state index in [1.165, 1.54) is 6.92 Å². The number of rotatable bonds is 0. The van der Waals surface area contributed by atoms with E-state index in [-0.39, 0.29) is 11.7 Å². The smallest absolute Gasteiger partial charge is 0.219 e. The molecule has 1 heterocycles. The molecule has 0 saturated carbocycles. The normalized spacial score (nSPS) is 21.7. The molecule has 1 amide bonds. The summed E-state index contributed by atoms with van der Waals surface area (Å²) in [6, 6.07) is 0. The van der Waals surface area contributed by atoms with Gasteiger partial charge in [0.15, 0.2) is 5.78 Å². The molecule has 3 heteroatoms. The summed E-state index contributed by atoms with van der Waals surface area (Å²) in [5.74, 6) is 0.219. The number of nitrogens with zero attached hydrogens (tertiary/aromatic N) is 1. The number of amides is 1. The van der Waals surface area contributed by atoms with Crippen molar-refractivity contribution >= 4 is 11.7 Å². The Balaban J connectivity index is 2.68. The highest BCUT2D eigenvalue weighted by Gasteiger charge is 2.21. The molecule has 12 heavy (non-hydrogen) atoms. The third-order valence-corrected chi connectivity index (χ3v) is 2.12. The molecule has 0 aromatic rings. The number of Topliss-reactive ketones (excluding diaryl/α,β-unsaturated/α-hetero) is 1. The van der Waals surface area contributed by atoms with Crippen LogP contribution in [-0.4, -0.2) is 29.7 Å². The van der Waals surface area contributed by atoms with Gasteiger partial charge in [0.05, 0.1) is 0 Å². The molecule has 1 aliphatic heterocycles. The zero-order chi connectivity index (χ0) is 9.14. The van der Waals surface area contributed by atoms with Crippen molar-refractivity contribution in [2.24, 2.45) is 0 Å². The van der Waals surface area contributed by atoms with Crippen molar-refractivity contribution in [2.75, 3.05) is 13.1 Å². The Morgan fingerprint density at radius 1 is 1.58 bits per heavy atom. The Kier molecular flexibility index (Phi) is 2.63. The molecule has 0 aromatic carbocycles. The molecule has 1 fully saturated rings. The average Bonchev–Trinajstić information content (AvgIpc) is 2.05. The average molecular weight is 167 g/mol. The summed E-state index contributed by atoms with van der Waals surface area (Å²) in [4.78, 5) is 23.8. The lowest BCUT2D eigenvalue weighted by Crippen LogP contribution is -2.38. The number of piperidine rings is 1. The van der Waals surface area contributed by atoms with Crippen molar-refractivity contribution in [3.8, 4) is 0 Å². The quantitative estimate of drug-likeness (QED) is 0.499. The molecule has 0 radical (unpaired) electrons. The van der Waals surface area contributed by atoms with E-state index in [4.69, 9.17) is 0 Å². The number of hydrogen-bond donors (Lipinski definition) is 0. The van der Waals surface area contributed by atoms with Gasteiger partial charge < -0.3 is 4.90 Å². The van der Waals surface area contributed by atoms with Crippen molar-refractivity contribution in [2.45, 2.75) is 20.3 Å². The zero-order valence-electron chi connectivity index (χ0n) is 7.46. The van der Waals surface area contributed by atoms with Gasteiger partial charge in [-0.2, -0.15) is 0 Å². The van der Waals surface area contributed by atoms with Gasteiger partial charge in [-0.05, 0) is 6.92 Å². The van der Waals surface area contributed by atoms with Gasteiger partial charge in [0, 0.05) is 32.0 Å². The maximum absolute atomic E-state index is 11.2. The lowest BCUT2D eigenvalue weighted by atomic mass is 10.0. The number of carbonyl (C=O) groups is 2. The molecule has 0 bridgehead atoms. The van der Waals surface area contributed by atoms with Crippen molar-refractivity contribution in [3.63, 3.8) is 0 Å². The molecule has 0 N–H and O–H groups in total. The lowest BCUT2D eigenvalue weighted by Gasteiger charge is -2.26. The molecular weight excluding hydrogens is 154 g/mol. The third kappa shape index (κ3) is 1.72. The molecule has 1 rings (SSSR count). The van der Waals surface area contributed by atoms with Gasteiger partial charge in [0.2, 0.25) is 5.91 Å². The van der Waals surface area contributed by atoms with Crippen LogP contribution < -0.4 is 0 Å². The molecule has 0 spiro atoms. The molecule has 0 aliphatic carbocycles. The topological polar surface area (TPSA) is 37.4 Å². The first-order chi connectivity index (χ1) is 5.65. The first-order valence-corrected chi connectivity index (χ1v) is 4.09. The van der Waals surface area contributed by atoms with Crippen LogP contribution in [0.2, 0.25) is 0 Å². The monoisotopic (exact) mass is 167 g/mol. The van der Waals surface area contributed by atoms with E-state index >= 15 is 0 Å². The Morgan fingerprint density at radius 3 is 2.75 bits per heavy atom. The van der Waals surface area contributed by atoms with Gasteiger partial charge in [0.1, 0.15) is 0 Å². The van der Waals surface area contributed by atoms with E-state index in [0.717, 1.165) is 5.57 Å². The number of carbonyl (C=O) groups excluding carboxylic acids is 2. The van der Waals surface area contributed by atoms with Gasteiger partial charge in [-0.15, -0.1) is 0 Å². The molecule has 0 unspecified atom stereocenters. The minimum atomic E-state index is 0.0434. The van der Waals surface area contributed by atoms with Gasteiger partial charge in [0.25, 0.3) is 0 Å². The van der Waals surface area contributed by atoms with Crippen LogP contribution in [0.4, 0.5) is 0 Å². The summed E-state index contributed by atoms with van der Waals surface area (Å²) in [6.07, 6.45) is 2.26. The van der Waals surface area contributed by atoms with E-state index in [2.05, 4.69) is 0 Å². The lowest BCUT2D eigenvalue weighted by molar-refractivity contribution is -0.130. The van der Waals surface area contributed by atoms with Crippen LogP contribution in [0.3, 0.4) is 0 Å². The van der Waals surface area contributed by atoms with Gasteiger partial charge in [-0.1, -0.05) is 6.08 Å². The molecule has 0 aromatic heterocycles. The summed E-state index contributed by atoms with van der Waals surface area (Å²) in [7, 11) is 0. The molecule has 1 aliphatic rings. The van der Waals surface area contributed by atoms with Crippen LogP contribution in [0.25, 0.3) is 0 Å². The second kappa shape index (κ2) is 3.52. The van der Waals surface area contributed by atoms with E-state index in [9.17, 15) is 9.59 Å². The number of hydrogen-bond acceptors (Lipinski definition) is 2. The summed E-state index contributed by atoms with van der Waals surface area (Å²) < 4.78 is 0. The summed E-state index contributed by atoms with van der Waals surface area (Å²) in [5.41, 5.74) is 0.761. The van der Waals surface area contributed by atoms with Crippen LogP contribution in [0, 0.1) is 0 Å². The summed E-state index contributed by atoms with van der Waals surface area (Å²) in [6.45, 7) is 4.43. The second-order valence-electron chi connectivity index (χ2n) is 2.93. The highest BCUT2D eigenvalue weighted by atomic mass is 16.2. The van der Waals surface area contributed by atoms with Crippen LogP contribution >= 0.6 is 0 Å². The Hall–Kier alpha value is -1.12. The van der Waals surface area contributed by atoms with E-state index in [1.807, 2.05) is 6.92 Å². The third-order valence-electron chi connectivity index (χ3n) is 2.12. The number of allylic oxidation sites excluding steroid dienone is 1. The molecule has 1 saturated heterocycles. The van der Waals surface area contributed by atoms with Crippen molar-refractivity contribution < 1.29 is 9.59 Å².